The van der Waals surface area contributed by atoms with Gasteiger partial charge >= 0.3 is 5.97 Å². The first-order chi connectivity index (χ1) is 10.2. The lowest BCUT2D eigenvalue weighted by Crippen LogP contribution is -2.23. The average molecular weight is 300 g/mol. The summed E-state index contributed by atoms with van der Waals surface area (Å²) in [7, 11) is 0. The molecule has 0 aliphatic heterocycles. The zero-order chi connectivity index (χ0) is 15.8. The Hall–Kier alpha value is -1.10. The predicted molar refractivity (Wildman–Crippen MR) is 84.9 cm³/mol. The van der Waals surface area contributed by atoms with Crippen molar-refractivity contribution >= 4 is 11.9 Å². The molecule has 124 valence electrons. The van der Waals surface area contributed by atoms with Gasteiger partial charge < -0.3 is 15.8 Å². The molecule has 21 heavy (non-hydrogen) atoms. The largest absolute Gasteiger partial charge is 0.466 e. The molecule has 1 amide bonds. The van der Waals surface area contributed by atoms with E-state index < -0.39 is 0 Å². The summed E-state index contributed by atoms with van der Waals surface area (Å²) in [5.41, 5.74) is 5.41. The van der Waals surface area contributed by atoms with E-state index in [1.165, 1.54) is 0 Å². The molecule has 0 bridgehead atoms. The van der Waals surface area contributed by atoms with Crippen LogP contribution < -0.4 is 11.1 Å². The van der Waals surface area contributed by atoms with Gasteiger partial charge in [-0.2, -0.15) is 0 Å². The average Bonchev–Trinajstić information content (AvgIpc) is 2.46. The summed E-state index contributed by atoms with van der Waals surface area (Å²) in [5, 5.41) is 2.94. The Bertz CT molecular complexity index is 270. The van der Waals surface area contributed by atoms with E-state index in [0.717, 1.165) is 64.5 Å². The molecule has 0 aliphatic rings. The van der Waals surface area contributed by atoms with Crippen molar-refractivity contribution in [2.45, 2.75) is 71.1 Å². The van der Waals surface area contributed by atoms with Gasteiger partial charge in [0.2, 0.25) is 5.91 Å². The van der Waals surface area contributed by atoms with Gasteiger partial charge in [-0.15, -0.1) is 0 Å². The third-order valence-electron chi connectivity index (χ3n) is 3.29. The second-order valence-electron chi connectivity index (χ2n) is 5.27. The molecule has 0 aromatic rings. The lowest BCUT2D eigenvalue weighted by Gasteiger charge is -2.05. The fourth-order valence-corrected chi connectivity index (χ4v) is 2.08. The van der Waals surface area contributed by atoms with Crippen LogP contribution in [0.5, 0.6) is 0 Å². The molecule has 0 radical (unpaired) electrons. The fraction of sp³-hybridized carbons (Fsp3) is 0.875. The van der Waals surface area contributed by atoms with Crippen molar-refractivity contribution < 1.29 is 14.3 Å². The van der Waals surface area contributed by atoms with Crippen molar-refractivity contribution in [1.29, 1.82) is 0 Å². The molecule has 0 aliphatic carbocycles. The minimum Gasteiger partial charge on any atom is -0.466 e. The van der Waals surface area contributed by atoms with Crippen LogP contribution in [0.15, 0.2) is 0 Å². The van der Waals surface area contributed by atoms with Gasteiger partial charge in [-0.25, -0.2) is 0 Å². The summed E-state index contributed by atoms with van der Waals surface area (Å²) >= 11 is 0. The van der Waals surface area contributed by atoms with Crippen LogP contribution >= 0.6 is 0 Å². The summed E-state index contributed by atoms with van der Waals surface area (Å²) in [6, 6.07) is 0. The quantitative estimate of drug-likeness (QED) is 0.381. The van der Waals surface area contributed by atoms with Crippen LogP contribution in [0, 0.1) is 0 Å². The van der Waals surface area contributed by atoms with E-state index in [1.54, 1.807) is 0 Å². The van der Waals surface area contributed by atoms with Gasteiger partial charge in [0.1, 0.15) is 0 Å². The van der Waals surface area contributed by atoms with Crippen LogP contribution in [0.25, 0.3) is 0 Å². The number of unbranched alkanes of at least 4 members (excludes halogenated alkanes) is 6. The molecule has 0 aromatic heterocycles. The van der Waals surface area contributed by atoms with E-state index in [0.29, 0.717) is 19.4 Å². The maximum Gasteiger partial charge on any atom is 0.305 e. The SMILES string of the molecule is CCOC(=O)CCCCCCNC(=O)CCCCCCN. The van der Waals surface area contributed by atoms with Gasteiger partial charge in [0, 0.05) is 19.4 Å². The summed E-state index contributed by atoms with van der Waals surface area (Å²) in [4.78, 5) is 22.6. The molecular formula is C16H32N2O3. The number of carbonyl (C=O) groups excluding carboxylic acids is 2. The monoisotopic (exact) mass is 300 g/mol. The highest BCUT2D eigenvalue weighted by molar-refractivity contribution is 5.75. The van der Waals surface area contributed by atoms with Crippen LogP contribution in [0.4, 0.5) is 0 Å². The first kappa shape index (κ1) is 19.9. The minimum atomic E-state index is -0.111. The molecule has 5 heteroatoms. The molecule has 0 aromatic carbocycles. The Morgan fingerprint density at radius 1 is 0.905 bits per heavy atom. The van der Waals surface area contributed by atoms with E-state index in [-0.39, 0.29) is 11.9 Å². The fourth-order valence-electron chi connectivity index (χ4n) is 2.08. The second kappa shape index (κ2) is 15.3. The van der Waals surface area contributed by atoms with Crippen LogP contribution in [0.1, 0.15) is 71.1 Å². The maximum absolute atomic E-state index is 11.5. The number of rotatable bonds is 14. The molecule has 0 fully saturated rings. The smallest absolute Gasteiger partial charge is 0.305 e. The molecule has 0 spiro atoms. The normalized spacial score (nSPS) is 10.4. The van der Waals surface area contributed by atoms with Crippen LogP contribution in [-0.2, 0) is 14.3 Å². The number of nitrogens with one attached hydrogen (secondary N) is 1. The van der Waals surface area contributed by atoms with Crippen molar-refractivity contribution in [3.8, 4) is 0 Å². The van der Waals surface area contributed by atoms with Gasteiger partial charge in [0.15, 0.2) is 0 Å². The Morgan fingerprint density at radius 2 is 1.52 bits per heavy atom. The molecule has 0 unspecified atom stereocenters. The van der Waals surface area contributed by atoms with Gasteiger partial charge in [-0.3, -0.25) is 9.59 Å². The number of carbonyl (C=O) groups is 2. The number of hydrogen-bond donors (Lipinski definition) is 2. The summed E-state index contributed by atoms with van der Waals surface area (Å²) < 4.78 is 4.86. The number of nitrogens with two attached hydrogens (primary N) is 1. The van der Waals surface area contributed by atoms with Crippen molar-refractivity contribution in [3.05, 3.63) is 0 Å². The van der Waals surface area contributed by atoms with Gasteiger partial charge in [-0.05, 0) is 39.2 Å². The highest BCUT2D eigenvalue weighted by atomic mass is 16.5. The van der Waals surface area contributed by atoms with E-state index in [1.807, 2.05) is 6.92 Å². The van der Waals surface area contributed by atoms with E-state index in [2.05, 4.69) is 5.32 Å². The first-order valence-electron chi connectivity index (χ1n) is 8.33. The highest BCUT2D eigenvalue weighted by Gasteiger charge is 2.02. The lowest BCUT2D eigenvalue weighted by molar-refractivity contribution is -0.143. The number of hydrogen-bond acceptors (Lipinski definition) is 4. The second-order valence-corrected chi connectivity index (χ2v) is 5.27. The molecule has 0 saturated carbocycles. The topological polar surface area (TPSA) is 81.4 Å². The number of amides is 1. The Balaban J connectivity index is 3.23. The Kier molecular flexibility index (Phi) is 14.5. The van der Waals surface area contributed by atoms with E-state index in [4.69, 9.17) is 10.5 Å². The van der Waals surface area contributed by atoms with Gasteiger partial charge in [0.25, 0.3) is 0 Å². The predicted octanol–water partition coefficient (Wildman–Crippen LogP) is 2.53. The molecule has 0 heterocycles. The summed E-state index contributed by atoms with van der Waals surface area (Å²) in [5.74, 6) is 0.0368. The minimum absolute atomic E-state index is 0.111. The molecule has 0 rings (SSSR count). The van der Waals surface area contributed by atoms with Crippen molar-refractivity contribution in [2.24, 2.45) is 5.73 Å². The van der Waals surface area contributed by atoms with Crippen LogP contribution in [-0.4, -0.2) is 31.6 Å². The molecule has 0 saturated heterocycles. The summed E-state index contributed by atoms with van der Waals surface area (Å²) in [6.45, 7) is 3.75. The third kappa shape index (κ3) is 15.1. The standard InChI is InChI=1S/C16H32N2O3/c1-2-21-16(20)12-8-4-6-10-14-18-15(19)11-7-3-5-9-13-17/h2-14,17H2,1H3,(H,18,19). The first-order valence-corrected chi connectivity index (χ1v) is 8.33. The van der Waals surface area contributed by atoms with E-state index >= 15 is 0 Å². The van der Waals surface area contributed by atoms with Crippen molar-refractivity contribution in [2.75, 3.05) is 19.7 Å². The van der Waals surface area contributed by atoms with Gasteiger partial charge in [0.05, 0.1) is 6.61 Å². The Labute approximate surface area is 129 Å². The number of esters is 1. The van der Waals surface area contributed by atoms with Crippen LogP contribution in [0.3, 0.4) is 0 Å². The summed E-state index contributed by atoms with van der Waals surface area (Å²) in [6.07, 6.45) is 9.21. The highest BCUT2D eigenvalue weighted by Crippen LogP contribution is 2.04. The van der Waals surface area contributed by atoms with Crippen LogP contribution in [0.2, 0.25) is 0 Å². The number of ether oxygens (including phenoxy) is 1. The maximum atomic E-state index is 11.5. The van der Waals surface area contributed by atoms with Gasteiger partial charge in [-0.1, -0.05) is 25.7 Å². The third-order valence-corrected chi connectivity index (χ3v) is 3.29. The van der Waals surface area contributed by atoms with Crippen molar-refractivity contribution in [3.63, 3.8) is 0 Å². The molecule has 0 atom stereocenters. The molecule has 3 N–H and O–H groups in total. The Morgan fingerprint density at radius 3 is 2.19 bits per heavy atom. The zero-order valence-electron chi connectivity index (χ0n) is 13.5. The lowest BCUT2D eigenvalue weighted by atomic mass is 10.1. The molecule has 5 nitrogen and oxygen atoms in total. The zero-order valence-corrected chi connectivity index (χ0v) is 13.5. The molecular weight excluding hydrogens is 268 g/mol. The van der Waals surface area contributed by atoms with E-state index in [9.17, 15) is 9.59 Å². The van der Waals surface area contributed by atoms with Crippen molar-refractivity contribution in [1.82, 2.24) is 5.32 Å².